The lowest BCUT2D eigenvalue weighted by molar-refractivity contribution is 0.317. The van der Waals surface area contributed by atoms with Crippen LogP contribution in [0.15, 0.2) is 0 Å². The number of sulfonamides is 1. The largest absolute Gasteiger partial charge is 0.212 e. The molecular weight excluding hydrogens is 246 g/mol. The zero-order chi connectivity index (χ0) is 14.4. The van der Waals surface area contributed by atoms with Gasteiger partial charge in [0.1, 0.15) is 0 Å². The van der Waals surface area contributed by atoms with E-state index in [0.717, 1.165) is 19.3 Å². The van der Waals surface area contributed by atoms with Crippen molar-refractivity contribution < 1.29 is 8.42 Å². The Morgan fingerprint density at radius 3 is 2.00 bits per heavy atom. The summed E-state index contributed by atoms with van der Waals surface area (Å²) in [5.41, 5.74) is -0.0370. The summed E-state index contributed by atoms with van der Waals surface area (Å²) < 4.78 is 26.5. The highest BCUT2D eigenvalue weighted by Gasteiger charge is 2.24. The van der Waals surface area contributed by atoms with E-state index >= 15 is 0 Å². The Hall–Kier alpha value is -0.0900. The first-order chi connectivity index (χ1) is 8.04. The molecular formula is C14H31NO2S. The molecule has 18 heavy (non-hydrogen) atoms. The molecule has 0 heterocycles. The van der Waals surface area contributed by atoms with E-state index in [-0.39, 0.29) is 17.2 Å². The molecule has 0 spiro atoms. The molecule has 110 valence electrons. The normalized spacial score (nSPS) is 15.1. The summed E-state index contributed by atoms with van der Waals surface area (Å²) >= 11 is 0. The van der Waals surface area contributed by atoms with Gasteiger partial charge in [-0.15, -0.1) is 0 Å². The van der Waals surface area contributed by atoms with Gasteiger partial charge in [0.05, 0.1) is 5.75 Å². The van der Waals surface area contributed by atoms with Crippen molar-refractivity contribution in [3.8, 4) is 0 Å². The first-order valence-corrected chi connectivity index (χ1v) is 8.70. The molecule has 1 atom stereocenters. The summed E-state index contributed by atoms with van der Waals surface area (Å²) in [5.74, 6) is 0.964. The molecule has 0 aromatic rings. The molecule has 0 saturated heterocycles. The molecule has 0 aromatic heterocycles. The van der Waals surface area contributed by atoms with E-state index in [4.69, 9.17) is 0 Å². The van der Waals surface area contributed by atoms with Crippen LogP contribution in [0.1, 0.15) is 67.2 Å². The first kappa shape index (κ1) is 17.9. The van der Waals surface area contributed by atoms with Gasteiger partial charge in [0.25, 0.3) is 0 Å². The second kappa shape index (κ2) is 7.49. The van der Waals surface area contributed by atoms with Crippen LogP contribution in [0.2, 0.25) is 0 Å². The number of hydrogen-bond donors (Lipinski definition) is 1. The fourth-order valence-corrected chi connectivity index (χ4v) is 3.12. The van der Waals surface area contributed by atoms with Crippen molar-refractivity contribution in [3.63, 3.8) is 0 Å². The topological polar surface area (TPSA) is 46.2 Å². The van der Waals surface area contributed by atoms with Gasteiger partial charge in [-0.25, -0.2) is 13.1 Å². The summed E-state index contributed by atoms with van der Waals surface area (Å²) in [6, 6.07) is -0.0295. The van der Waals surface area contributed by atoms with Crippen molar-refractivity contribution in [3.05, 3.63) is 0 Å². The summed E-state index contributed by atoms with van der Waals surface area (Å²) in [5, 5.41) is 0. The van der Waals surface area contributed by atoms with Crippen molar-refractivity contribution in [2.24, 2.45) is 11.3 Å². The van der Waals surface area contributed by atoms with Crippen molar-refractivity contribution in [2.75, 3.05) is 5.75 Å². The molecule has 0 aromatic carbocycles. The Balaban J connectivity index is 3.95. The Morgan fingerprint density at radius 2 is 1.56 bits per heavy atom. The smallest absolute Gasteiger partial charge is 0.211 e. The third kappa shape index (κ3) is 8.92. The monoisotopic (exact) mass is 277 g/mol. The van der Waals surface area contributed by atoms with Crippen LogP contribution >= 0.6 is 0 Å². The zero-order valence-electron chi connectivity index (χ0n) is 12.9. The SMILES string of the molecule is CC(C)CCCCCS(=O)(=O)NC(C)C(C)(C)C. The predicted molar refractivity (Wildman–Crippen MR) is 79.1 cm³/mol. The van der Waals surface area contributed by atoms with Crippen LogP contribution in [0, 0.1) is 11.3 Å². The standard InChI is InChI=1S/C14H31NO2S/c1-12(2)10-8-7-9-11-18(16,17)15-13(3)14(4,5)6/h12-13,15H,7-11H2,1-6H3. The molecule has 0 aliphatic heterocycles. The molecule has 0 radical (unpaired) electrons. The van der Waals surface area contributed by atoms with Crippen molar-refractivity contribution in [1.82, 2.24) is 4.72 Å². The maximum absolute atomic E-state index is 11.9. The molecule has 0 amide bonds. The Kier molecular flexibility index (Phi) is 7.45. The first-order valence-electron chi connectivity index (χ1n) is 7.04. The molecule has 4 heteroatoms. The molecule has 1 N–H and O–H groups in total. The van der Waals surface area contributed by atoms with E-state index in [0.29, 0.717) is 5.92 Å². The van der Waals surface area contributed by atoms with Crippen molar-refractivity contribution >= 4 is 10.0 Å². The molecule has 1 unspecified atom stereocenters. The van der Waals surface area contributed by atoms with Crippen molar-refractivity contribution in [2.45, 2.75) is 73.3 Å². The highest BCUT2D eigenvalue weighted by Crippen LogP contribution is 2.19. The van der Waals surface area contributed by atoms with E-state index in [1.165, 1.54) is 6.42 Å². The van der Waals surface area contributed by atoms with E-state index < -0.39 is 10.0 Å². The van der Waals surface area contributed by atoms with Gasteiger partial charge in [0.2, 0.25) is 10.0 Å². The van der Waals surface area contributed by atoms with Crippen LogP contribution in [-0.2, 0) is 10.0 Å². The summed E-state index contributed by atoms with van der Waals surface area (Å²) in [7, 11) is -3.11. The Morgan fingerprint density at radius 1 is 1.00 bits per heavy atom. The van der Waals surface area contributed by atoms with Gasteiger partial charge >= 0.3 is 0 Å². The second-order valence-corrected chi connectivity index (χ2v) is 8.64. The molecule has 0 aliphatic carbocycles. The lowest BCUT2D eigenvalue weighted by Crippen LogP contribution is -2.42. The number of nitrogens with one attached hydrogen (secondary N) is 1. The highest BCUT2D eigenvalue weighted by molar-refractivity contribution is 7.89. The van der Waals surface area contributed by atoms with Gasteiger partial charge in [-0.05, 0) is 24.7 Å². The third-order valence-electron chi connectivity index (χ3n) is 3.35. The highest BCUT2D eigenvalue weighted by atomic mass is 32.2. The van der Waals surface area contributed by atoms with Gasteiger partial charge in [0.15, 0.2) is 0 Å². The van der Waals surface area contributed by atoms with Crippen molar-refractivity contribution in [1.29, 1.82) is 0 Å². The summed E-state index contributed by atoms with van der Waals surface area (Å²) in [4.78, 5) is 0. The van der Waals surface area contributed by atoms with Gasteiger partial charge in [-0.1, -0.05) is 53.9 Å². The van der Waals surface area contributed by atoms with Crippen LogP contribution < -0.4 is 4.72 Å². The average molecular weight is 277 g/mol. The number of hydrogen-bond acceptors (Lipinski definition) is 2. The minimum atomic E-state index is -3.11. The van der Waals surface area contributed by atoms with Gasteiger partial charge < -0.3 is 0 Å². The zero-order valence-corrected chi connectivity index (χ0v) is 13.7. The minimum absolute atomic E-state index is 0.0295. The fourth-order valence-electron chi connectivity index (χ4n) is 1.53. The molecule has 0 saturated carbocycles. The van der Waals surface area contributed by atoms with Crippen LogP contribution in [-0.4, -0.2) is 20.2 Å². The van der Waals surface area contributed by atoms with Crippen LogP contribution in [0.25, 0.3) is 0 Å². The average Bonchev–Trinajstić information content (AvgIpc) is 2.14. The molecule has 0 aliphatic rings. The fraction of sp³-hybridized carbons (Fsp3) is 1.00. The predicted octanol–water partition coefficient (Wildman–Crippen LogP) is 3.56. The van der Waals surface area contributed by atoms with Gasteiger partial charge in [-0.2, -0.15) is 0 Å². The van der Waals surface area contributed by atoms with E-state index in [9.17, 15) is 8.42 Å². The molecule has 3 nitrogen and oxygen atoms in total. The van der Waals surface area contributed by atoms with E-state index in [1.54, 1.807) is 0 Å². The lowest BCUT2D eigenvalue weighted by atomic mass is 9.89. The lowest BCUT2D eigenvalue weighted by Gasteiger charge is -2.27. The van der Waals surface area contributed by atoms with Crippen LogP contribution in [0.4, 0.5) is 0 Å². The molecule has 0 rings (SSSR count). The summed E-state index contributed by atoms with van der Waals surface area (Å²) in [6.07, 6.45) is 4.08. The van der Waals surface area contributed by atoms with E-state index in [2.05, 4.69) is 18.6 Å². The number of rotatable bonds is 8. The minimum Gasteiger partial charge on any atom is -0.212 e. The van der Waals surface area contributed by atoms with Crippen LogP contribution in [0.5, 0.6) is 0 Å². The van der Waals surface area contributed by atoms with Crippen LogP contribution in [0.3, 0.4) is 0 Å². The summed E-state index contributed by atoms with van der Waals surface area (Å²) in [6.45, 7) is 12.5. The number of unbranched alkanes of at least 4 members (excludes halogenated alkanes) is 2. The molecule has 0 fully saturated rings. The van der Waals surface area contributed by atoms with Gasteiger partial charge in [-0.3, -0.25) is 0 Å². The third-order valence-corrected chi connectivity index (χ3v) is 4.89. The second-order valence-electron chi connectivity index (χ2n) is 6.77. The van der Waals surface area contributed by atoms with Gasteiger partial charge in [0, 0.05) is 6.04 Å². The maximum Gasteiger partial charge on any atom is 0.211 e. The Labute approximate surface area is 114 Å². The molecule has 0 bridgehead atoms. The quantitative estimate of drug-likeness (QED) is 0.690. The van der Waals surface area contributed by atoms with E-state index in [1.807, 2.05) is 27.7 Å². The Bertz CT molecular complexity index is 315. The maximum atomic E-state index is 11.9.